The molecule has 1 aliphatic heterocycles. The number of aryl methyl sites for hydroxylation is 1. The summed E-state index contributed by atoms with van der Waals surface area (Å²) in [6.07, 6.45) is 0.682. The Morgan fingerprint density at radius 3 is 2.45 bits per heavy atom. The third-order valence-corrected chi connectivity index (χ3v) is 4.89. The summed E-state index contributed by atoms with van der Waals surface area (Å²) in [5.41, 5.74) is 2.97. The van der Waals surface area contributed by atoms with Crippen molar-refractivity contribution < 1.29 is 19.4 Å². The molecule has 0 spiro atoms. The van der Waals surface area contributed by atoms with Gasteiger partial charge in [-0.15, -0.1) is 0 Å². The van der Waals surface area contributed by atoms with Gasteiger partial charge in [0.05, 0.1) is 25.9 Å². The highest BCUT2D eigenvalue weighted by Gasteiger charge is 2.21. The zero-order valence-electron chi connectivity index (χ0n) is 15.9. The summed E-state index contributed by atoms with van der Waals surface area (Å²) in [5.74, 6) is 0.339. The van der Waals surface area contributed by atoms with E-state index >= 15 is 0 Å². The summed E-state index contributed by atoms with van der Waals surface area (Å²) < 4.78 is 12.4. The van der Waals surface area contributed by atoms with Crippen LogP contribution in [-0.4, -0.2) is 29.7 Å². The van der Waals surface area contributed by atoms with E-state index in [2.05, 4.69) is 10.3 Å². The van der Waals surface area contributed by atoms with Crippen LogP contribution in [-0.2, 0) is 13.0 Å². The van der Waals surface area contributed by atoms with E-state index in [1.54, 1.807) is 37.0 Å². The fraction of sp³-hybridized carbons (Fsp3) is 0.190. The minimum atomic E-state index is -1.25. The van der Waals surface area contributed by atoms with Crippen molar-refractivity contribution >= 4 is 17.5 Å². The molecule has 148 valence electrons. The number of ether oxygens (including phenoxy) is 2. The predicted octanol–water partition coefficient (Wildman–Crippen LogP) is 1.59. The minimum Gasteiger partial charge on any atom is -0.545 e. The Bertz CT molecular complexity index is 1150. The summed E-state index contributed by atoms with van der Waals surface area (Å²) >= 11 is 0. The number of benzene rings is 2. The van der Waals surface area contributed by atoms with Gasteiger partial charge >= 0.3 is 5.69 Å². The quantitative estimate of drug-likeness (QED) is 0.703. The molecule has 0 saturated carbocycles. The molecule has 0 saturated heterocycles. The number of carbonyl (C=O) groups is 1. The van der Waals surface area contributed by atoms with Crippen LogP contribution < -0.4 is 25.6 Å². The highest BCUT2D eigenvalue weighted by molar-refractivity contribution is 5.86. The lowest BCUT2D eigenvalue weighted by Crippen LogP contribution is -2.28. The van der Waals surface area contributed by atoms with Crippen molar-refractivity contribution in [2.45, 2.75) is 13.0 Å². The lowest BCUT2D eigenvalue weighted by Gasteiger charge is -2.23. The highest BCUT2D eigenvalue weighted by atomic mass is 16.5. The molecule has 8 nitrogen and oxygen atoms in total. The molecular formula is C21H18N3O5-. The Labute approximate surface area is 166 Å². The molecule has 0 radical (unpaired) electrons. The summed E-state index contributed by atoms with van der Waals surface area (Å²) in [5, 5.41) is 13.9. The Hall–Kier alpha value is -3.81. The molecule has 0 unspecified atom stereocenters. The van der Waals surface area contributed by atoms with Crippen molar-refractivity contribution in [2.24, 2.45) is 0 Å². The first-order chi connectivity index (χ1) is 14.0. The molecule has 3 aromatic rings. The Morgan fingerprint density at radius 1 is 1.10 bits per heavy atom. The number of hydrogen-bond donors (Lipinski definition) is 1. The molecule has 4 rings (SSSR count). The van der Waals surface area contributed by atoms with Crippen LogP contribution in [0.1, 0.15) is 15.9 Å². The molecule has 0 atom stereocenters. The fourth-order valence-corrected chi connectivity index (χ4v) is 3.45. The number of rotatable bonds is 5. The average Bonchev–Trinajstić information content (AvgIpc) is 2.73. The van der Waals surface area contributed by atoms with Crippen LogP contribution in [0.15, 0.2) is 47.3 Å². The van der Waals surface area contributed by atoms with Crippen LogP contribution in [0.2, 0.25) is 0 Å². The summed E-state index contributed by atoms with van der Waals surface area (Å²) in [7, 11) is 3.15. The van der Waals surface area contributed by atoms with E-state index in [0.717, 1.165) is 16.8 Å². The van der Waals surface area contributed by atoms with Crippen LogP contribution in [0.25, 0.3) is 11.3 Å². The maximum Gasteiger partial charge on any atom is 0.350 e. The molecule has 1 aromatic heterocycles. The van der Waals surface area contributed by atoms with Crippen molar-refractivity contribution in [3.63, 3.8) is 0 Å². The molecule has 1 aliphatic rings. The molecular weight excluding hydrogens is 374 g/mol. The number of anilines is 2. The second kappa shape index (κ2) is 7.31. The van der Waals surface area contributed by atoms with Crippen LogP contribution in [0, 0.1) is 0 Å². The third-order valence-electron chi connectivity index (χ3n) is 4.89. The van der Waals surface area contributed by atoms with Crippen LogP contribution in [0.3, 0.4) is 0 Å². The van der Waals surface area contributed by atoms with E-state index in [-0.39, 0.29) is 11.3 Å². The second-order valence-corrected chi connectivity index (χ2v) is 6.56. The number of carboxylic acid groups (broad SMARTS) is 1. The van der Waals surface area contributed by atoms with Crippen LogP contribution in [0.4, 0.5) is 11.5 Å². The molecule has 2 heterocycles. The summed E-state index contributed by atoms with van der Waals surface area (Å²) in [6.45, 7) is 0.518. The molecule has 2 aromatic carbocycles. The molecule has 8 heteroatoms. The first-order valence-corrected chi connectivity index (χ1v) is 8.95. The van der Waals surface area contributed by atoms with E-state index < -0.39 is 5.97 Å². The Morgan fingerprint density at radius 2 is 1.79 bits per heavy atom. The lowest BCUT2D eigenvalue weighted by molar-refractivity contribution is -0.255. The SMILES string of the molecule is COc1cc2c(cc1OC)-c1cc(Nc3ccc(C(=O)[O-])cc3)nc(=O)n1CC2. The smallest absolute Gasteiger partial charge is 0.350 e. The van der Waals surface area contributed by atoms with Crippen molar-refractivity contribution in [1.29, 1.82) is 0 Å². The van der Waals surface area contributed by atoms with Gasteiger partial charge in [0.25, 0.3) is 0 Å². The maximum absolute atomic E-state index is 12.6. The Balaban J connectivity index is 1.75. The van der Waals surface area contributed by atoms with Gasteiger partial charge in [0.15, 0.2) is 11.5 Å². The number of carboxylic acids is 1. The predicted molar refractivity (Wildman–Crippen MR) is 105 cm³/mol. The molecule has 1 N–H and O–H groups in total. The minimum absolute atomic E-state index is 0.0731. The number of methoxy groups -OCH3 is 2. The number of nitrogens with one attached hydrogen (secondary N) is 1. The van der Waals surface area contributed by atoms with E-state index in [9.17, 15) is 14.7 Å². The van der Waals surface area contributed by atoms with E-state index in [4.69, 9.17) is 9.47 Å². The van der Waals surface area contributed by atoms with Crippen molar-refractivity contribution in [1.82, 2.24) is 9.55 Å². The molecule has 0 fully saturated rings. The van der Waals surface area contributed by atoms with Gasteiger partial charge in [-0.2, -0.15) is 4.98 Å². The highest BCUT2D eigenvalue weighted by Crippen LogP contribution is 2.38. The van der Waals surface area contributed by atoms with E-state index in [0.29, 0.717) is 36.0 Å². The van der Waals surface area contributed by atoms with Crippen LogP contribution in [0.5, 0.6) is 11.5 Å². The number of aromatic nitrogens is 2. The number of carbonyl (C=O) groups excluding carboxylic acids is 1. The largest absolute Gasteiger partial charge is 0.545 e. The van der Waals surface area contributed by atoms with Gasteiger partial charge in [-0.05, 0) is 41.8 Å². The zero-order chi connectivity index (χ0) is 20.5. The number of fused-ring (bicyclic) bond motifs is 3. The lowest BCUT2D eigenvalue weighted by atomic mass is 9.97. The first-order valence-electron chi connectivity index (χ1n) is 8.95. The number of aromatic carboxylic acids is 1. The molecule has 0 amide bonds. The number of hydrogen-bond acceptors (Lipinski definition) is 7. The van der Waals surface area contributed by atoms with Gasteiger partial charge in [-0.3, -0.25) is 4.57 Å². The van der Waals surface area contributed by atoms with Crippen LogP contribution >= 0.6 is 0 Å². The van der Waals surface area contributed by atoms with Gasteiger partial charge in [0.1, 0.15) is 5.82 Å². The van der Waals surface area contributed by atoms with Gasteiger partial charge in [-0.1, -0.05) is 12.1 Å². The standard InChI is InChI=1S/C21H19N3O5/c1-28-17-9-13-7-8-24-16(15(13)10-18(17)29-2)11-19(23-21(24)27)22-14-5-3-12(4-6-14)20(25)26/h3-6,9-11H,7-8H2,1-2H3,(H,25,26)(H,22,23,27)/p-1. The van der Waals surface area contributed by atoms with Gasteiger partial charge in [0.2, 0.25) is 0 Å². The maximum atomic E-state index is 12.6. The zero-order valence-corrected chi connectivity index (χ0v) is 15.9. The van der Waals surface area contributed by atoms with Gasteiger partial charge < -0.3 is 24.7 Å². The molecule has 29 heavy (non-hydrogen) atoms. The first kappa shape index (κ1) is 18.5. The van der Waals surface area contributed by atoms with Crippen molar-refractivity contribution in [2.75, 3.05) is 19.5 Å². The third kappa shape index (κ3) is 3.40. The normalized spacial score (nSPS) is 11.9. The van der Waals surface area contributed by atoms with E-state index in [1.165, 1.54) is 12.1 Å². The van der Waals surface area contributed by atoms with Gasteiger partial charge in [0, 0.05) is 23.9 Å². The summed E-state index contributed by atoms with van der Waals surface area (Å²) in [6, 6.07) is 11.6. The van der Waals surface area contributed by atoms with Crippen molar-refractivity contribution in [3.8, 4) is 22.8 Å². The fourth-order valence-electron chi connectivity index (χ4n) is 3.45. The van der Waals surface area contributed by atoms with Gasteiger partial charge in [-0.25, -0.2) is 4.79 Å². The molecule has 0 aliphatic carbocycles. The van der Waals surface area contributed by atoms with Crippen molar-refractivity contribution in [3.05, 3.63) is 64.1 Å². The number of nitrogens with zero attached hydrogens (tertiary/aromatic N) is 2. The average molecular weight is 392 g/mol. The summed E-state index contributed by atoms with van der Waals surface area (Å²) in [4.78, 5) is 27.6. The van der Waals surface area contributed by atoms with E-state index in [1.807, 2.05) is 12.1 Å². The monoisotopic (exact) mass is 392 g/mol. The molecule has 0 bridgehead atoms. The Kier molecular flexibility index (Phi) is 4.67. The topological polar surface area (TPSA) is 106 Å². The second-order valence-electron chi connectivity index (χ2n) is 6.56.